The second-order valence-electron chi connectivity index (χ2n) is 5.40. The lowest BCUT2D eigenvalue weighted by Gasteiger charge is -2.29. The van der Waals surface area contributed by atoms with Gasteiger partial charge >= 0.3 is 0 Å². The largest absolute Gasteiger partial charge is 0.314 e. The van der Waals surface area contributed by atoms with Crippen molar-refractivity contribution in [2.45, 2.75) is 13.5 Å². The third-order valence-electron chi connectivity index (χ3n) is 3.76. The van der Waals surface area contributed by atoms with Crippen molar-refractivity contribution in [1.29, 1.82) is 0 Å². The summed E-state index contributed by atoms with van der Waals surface area (Å²) in [6.45, 7) is 9.41. The van der Waals surface area contributed by atoms with Crippen LogP contribution in [-0.4, -0.2) is 56.1 Å². The average molecular weight is 265 g/mol. The Hall–Kier alpha value is -0.970. The molecule has 19 heavy (non-hydrogen) atoms. The molecule has 1 heterocycles. The van der Waals surface area contributed by atoms with E-state index in [4.69, 9.17) is 0 Å². The highest BCUT2D eigenvalue weighted by Gasteiger charge is 2.10. The van der Waals surface area contributed by atoms with Gasteiger partial charge in [-0.2, -0.15) is 0 Å². The smallest absolute Gasteiger partial charge is 0.123 e. The standard InChI is InChI=1S/C15H24FN3/c1-13-3-4-15(16)11-14(13)12-18(2)9-10-19-7-5-17-6-8-19/h3-4,11,17H,5-10,12H2,1-2H3. The molecule has 4 heteroatoms. The van der Waals surface area contributed by atoms with Crippen molar-refractivity contribution in [2.75, 3.05) is 46.3 Å². The Morgan fingerprint density at radius 2 is 2.05 bits per heavy atom. The molecule has 0 bridgehead atoms. The number of hydrogen-bond donors (Lipinski definition) is 1. The summed E-state index contributed by atoms with van der Waals surface area (Å²) >= 11 is 0. The minimum absolute atomic E-state index is 0.142. The third-order valence-corrected chi connectivity index (χ3v) is 3.76. The van der Waals surface area contributed by atoms with E-state index >= 15 is 0 Å². The number of halogens is 1. The predicted molar refractivity (Wildman–Crippen MR) is 76.8 cm³/mol. The molecule has 1 aliphatic heterocycles. The number of piperazine rings is 1. The molecule has 1 fully saturated rings. The predicted octanol–water partition coefficient (Wildman–Crippen LogP) is 1.47. The highest BCUT2D eigenvalue weighted by Crippen LogP contribution is 2.12. The number of aryl methyl sites for hydroxylation is 1. The maximum atomic E-state index is 13.2. The first kappa shape index (κ1) is 14.4. The second-order valence-corrected chi connectivity index (χ2v) is 5.40. The molecule has 0 spiro atoms. The number of hydrogen-bond acceptors (Lipinski definition) is 3. The van der Waals surface area contributed by atoms with Gasteiger partial charge in [0.05, 0.1) is 0 Å². The van der Waals surface area contributed by atoms with Crippen LogP contribution in [0.3, 0.4) is 0 Å². The van der Waals surface area contributed by atoms with Gasteiger partial charge in [-0.3, -0.25) is 4.90 Å². The van der Waals surface area contributed by atoms with Gasteiger partial charge in [0.2, 0.25) is 0 Å². The molecule has 0 aromatic heterocycles. The SMILES string of the molecule is Cc1ccc(F)cc1CN(C)CCN1CCNCC1. The van der Waals surface area contributed by atoms with Crippen LogP contribution in [0.2, 0.25) is 0 Å². The molecule has 0 saturated carbocycles. The van der Waals surface area contributed by atoms with E-state index in [9.17, 15) is 4.39 Å². The van der Waals surface area contributed by atoms with Crippen LogP contribution < -0.4 is 5.32 Å². The van der Waals surface area contributed by atoms with E-state index in [2.05, 4.69) is 22.2 Å². The minimum Gasteiger partial charge on any atom is -0.314 e. The first-order valence-electron chi connectivity index (χ1n) is 7.02. The number of nitrogens with one attached hydrogen (secondary N) is 1. The van der Waals surface area contributed by atoms with Crippen molar-refractivity contribution in [3.05, 3.63) is 35.1 Å². The van der Waals surface area contributed by atoms with E-state index in [1.54, 1.807) is 6.07 Å². The van der Waals surface area contributed by atoms with Crippen LogP contribution >= 0.6 is 0 Å². The molecule has 0 unspecified atom stereocenters. The maximum absolute atomic E-state index is 13.2. The molecule has 0 radical (unpaired) electrons. The van der Waals surface area contributed by atoms with Crippen molar-refractivity contribution in [2.24, 2.45) is 0 Å². The zero-order valence-corrected chi connectivity index (χ0v) is 12.0. The Morgan fingerprint density at radius 3 is 2.79 bits per heavy atom. The molecule has 1 N–H and O–H groups in total. The molecular weight excluding hydrogens is 241 g/mol. The van der Waals surface area contributed by atoms with E-state index < -0.39 is 0 Å². The normalized spacial score (nSPS) is 17.1. The van der Waals surface area contributed by atoms with Gasteiger partial charge in [0.25, 0.3) is 0 Å². The monoisotopic (exact) mass is 265 g/mol. The molecular formula is C15H24FN3. The number of benzene rings is 1. The van der Waals surface area contributed by atoms with E-state index in [-0.39, 0.29) is 5.82 Å². The van der Waals surface area contributed by atoms with Gasteiger partial charge in [-0.1, -0.05) is 6.07 Å². The number of likely N-dealkylation sites (N-methyl/N-ethyl adjacent to an activating group) is 1. The molecule has 106 valence electrons. The molecule has 1 saturated heterocycles. The first-order valence-corrected chi connectivity index (χ1v) is 7.02. The van der Waals surface area contributed by atoms with Crippen LogP contribution in [0.1, 0.15) is 11.1 Å². The van der Waals surface area contributed by atoms with Gasteiger partial charge in [0, 0.05) is 45.8 Å². The molecule has 3 nitrogen and oxygen atoms in total. The Balaban J connectivity index is 1.80. The molecule has 0 aliphatic carbocycles. The highest BCUT2D eigenvalue weighted by atomic mass is 19.1. The highest BCUT2D eigenvalue weighted by molar-refractivity contribution is 5.26. The fourth-order valence-corrected chi connectivity index (χ4v) is 2.43. The maximum Gasteiger partial charge on any atom is 0.123 e. The van der Waals surface area contributed by atoms with Crippen LogP contribution in [0.4, 0.5) is 4.39 Å². The van der Waals surface area contributed by atoms with Gasteiger partial charge in [-0.25, -0.2) is 4.39 Å². The van der Waals surface area contributed by atoms with Gasteiger partial charge < -0.3 is 10.2 Å². The summed E-state index contributed by atoms with van der Waals surface area (Å²) in [6.07, 6.45) is 0. The van der Waals surface area contributed by atoms with Crippen LogP contribution in [0.15, 0.2) is 18.2 Å². The minimum atomic E-state index is -0.142. The summed E-state index contributed by atoms with van der Waals surface area (Å²) in [5.41, 5.74) is 2.25. The van der Waals surface area contributed by atoms with E-state index in [0.717, 1.165) is 56.9 Å². The molecule has 2 rings (SSSR count). The summed E-state index contributed by atoms with van der Waals surface area (Å²) < 4.78 is 13.2. The Labute approximate surface area is 115 Å². The van der Waals surface area contributed by atoms with Crippen LogP contribution in [0.5, 0.6) is 0 Å². The Morgan fingerprint density at radius 1 is 1.32 bits per heavy atom. The summed E-state index contributed by atoms with van der Waals surface area (Å²) in [5, 5.41) is 3.36. The number of rotatable bonds is 5. The lowest BCUT2D eigenvalue weighted by atomic mass is 10.1. The quantitative estimate of drug-likeness (QED) is 0.870. The van der Waals surface area contributed by atoms with Crippen molar-refractivity contribution in [3.8, 4) is 0 Å². The molecule has 0 atom stereocenters. The van der Waals surface area contributed by atoms with E-state index in [1.165, 1.54) is 6.07 Å². The van der Waals surface area contributed by atoms with Crippen LogP contribution in [0.25, 0.3) is 0 Å². The zero-order valence-electron chi connectivity index (χ0n) is 12.0. The van der Waals surface area contributed by atoms with E-state index in [0.29, 0.717) is 0 Å². The van der Waals surface area contributed by atoms with Gasteiger partial charge in [-0.05, 0) is 37.2 Å². The Bertz CT molecular complexity index is 402. The third kappa shape index (κ3) is 4.56. The lowest BCUT2D eigenvalue weighted by Crippen LogP contribution is -2.45. The van der Waals surface area contributed by atoms with Crippen molar-refractivity contribution < 1.29 is 4.39 Å². The summed E-state index contributed by atoms with van der Waals surface area (Å²) in [6, 6.07) is 5.03. The Kier molecular flexibility index (Phi) is 5.31. The fraction of sp³-hybridized carbons (Fsp3) is 0.600. The summed E-state index contributed by atoms with van der Waals surface area (Å²) in [7, 11) is 2.10. The molecule has 1 aliphatic rings. The topological polar surface area (TPSA) is 18.5 Å². The van der Waals surface area contributed by atoms with Crippen molar-refractivity contribution >= 4 is 0 Å². The van der Waals surface area contributed by atoms with Gasteiger partial charge in [0.1, 0.15) is 5.82 Å². The van der Waals surface area contributed by atoms with Gasteiger partial charge in [0.15, 0.2) is 0 Å². The molecule has 1 aromatic rings. The van der Waals surface area contributed by atoms with Crippen LogP contribution in [0, 0.1) is 12.7 Å². The molecule has 0 amide bonds. The van der Waals surface area contributed by atoms with Crippen LogP contribution in [-0.2, 0) is 6.54 Å². The number of nitrogens with zero attached hydrogens (tertiary/aromatic N) is 2. The average Bonchev–Trinajstić information content (AvgIpc) is 2.42. The van der Waals surface area contributed by atoms with Crippen molar-refractivity contribution in [3.63, 3.8) is 0 Å². The zero-order chi connectivity index (χ0) is 13.7. The second kappa shape index (κ2) is 6.98. The first-order chi connectivity index (χ1) is 9.15. The van der Waals surface area contributed by atoms with E-state index in [1.807, 2.05) is 13.0 Å². The summed E-state index contributed by atoms with van der Waals surface area (Å²) in [5.74, 6) is -0.142. The van der Waals surface area contributed by atoms with Gasteiger partial charge in [-0.15, -0.1) is 0 Å². The summed E-state index contributed by atoms with van der Waals surface area (Å²) in [4.78, 5) is 4.75. The lowest BCUT2D eigenvalue weighted by molar-refractivity contribution is 0.202. The molecule has 1 aromatic carbocycles. The van der Waals surface area contributed by atoms with Crippen molar-refractivity contribution in [1.82, 2.24) is 15.1 Å². The fourth-order valence-electron chi connectivity index (χ4n) is 2.43.